The number of nitrogens with zero attached hydrogens (tertiary/aromatic N) is 4. The van der Waals surface area contributed by atoms with Gasteiger partial charge in [0.05, 0.1) is 23.6 Å². The van der Waals surface area contributed by atoms with Crippen LogP contribution in [-0.2, 0) is 11.3 Å². The zero-order chi connectivity index (χ0) is 22.5. The van der Waals surface area contributed by atoms with E-state index in [9.17, 15) is 9.59 Å². The van der Waals surface area contributed by atoms with Gasteiger partial charge >= 0.3 is 12.0 Å². The molecular formula is C23H31N5O3. The van der Waals surface area contributed by atoms with Crippen LogP contribution in [0.25, 0.3) is 5.69 Å². The SMILES string of the molecule is Cc1ccc2c(c1)N(C(=O)N1C[C@H](C)N[C@@H](C)C1)Cc1c(C(=O)OC(C)(C)C)ncn1-2. The molecule has 1 aromatic heterocycles. The van der Waals surface area contributed by atoms with Crippen molar-refractivity contribution in [2.24, 2.45) is 0 Å². The van der Waals surface area contributed by atoms with E-state index >= 15 is 0 Å². The number of imidazole rings is 1. The zero-order valence-corrected chi connectivity index (χ0v) is 19.1. The van der Waals surface area contributed by atoms with Crippen LogP contribution in [0.4, 0.5) is 10.5 Å². The van der Waals surface area contributed by atoms with Gasteiger partial charge in [0.25, 0.3) is 0 Å². The van der Waals surface area contributed by atoms with Crippen LogP contribution >= 0.6 is 0 Å². The Morgan fingerprint density at radius 2 is 1.81 bits per heavy atom. The molecule has 1 N–H and O–H groups in total. The van der Waals surface area contributed by atoms with Crippen LogP contribution in [-0.4, -0.2) is 57.2 Å². The van der Waals surface area contributed by atoms with E-state index in [0.717, 1.165) is 16.9 Å². The molecule has 1 aromatic carbocycles. The average Bonchev–Trinajstić information content (AvgIpc) is 3.08. The van der Waals surface area contributed by atoms with Gasteiger partial charge in [-0.05, 0) is 59.2 Å². The minimum absolute atomic E-state index is 0.0605. The number of hydrogen-bond acceptors (Lipinski definition) is 5. The van der Waals surface area contributed by atoms with Gasteiger partial charge in [-0.25, -0.2) is 14.6 Å². The maximum atomic E-state index is 13.6. The first-order chi connectivity index (χ1) is 14.5. The molecule has 31 heavy (non-hydrogen) atoms. The van der Waals surface area contributed by atoms with Gasteiger partial charge in [0.2, 0.25) is 0 Å². The van der Waals surface area contributed by atoms with Gasteiger partial charge < -0.3 is 15.0 Å². The normalized spacial score (nSPS) is 20.8. The highest BCUT2D eigenvalue weighted by Gasteiger charge is 2.36. The van der Waals surface area contributed by atoms with Crippen LogP contribution in [0, 0.1) is 6.92 Å². The number of amides is 2. The molecule has 2 aliphatic heterocycles. The molecule has 2 amide bonds. The molecule has 0 bridgehead atoms. The Balaban J connectivity index is 1.74. The Morgan fingerprint density at radius 1 is 1.13 bits per heavy atom. The number of rotatable bonds is 1. The number of piperazine rings is 1. The van der Waals surface area contributed by atoms with Gasteiger partial charge in [-0.2, -0.15) is 0 Å². The lowest BCUT2D eigenvalue weighted by Crippen LogP contribution is -2.58. The smallest absolute Gasteiger partial charge is 0.359 e. The summed E-state index contributed by atoms with van der Waals surface area (Å²) in [5.74, 6) is -0.478. The molecule has 0 spiro atoms. The van der Waals surface area contributed by atoms with Crippen molar-refractivity contribution in [2.75, 3.05) is 18.0 Å². The lowest BCUT2D eigenvalue weighted by Gasteiger charge is -2.40. The average molecular weight is 426 g/mol. The fraction of sp³-hybridized carbons (Fsp3) is 0.522. The first-order valence-corrected chi connectivity index (χ1v) is 10.8. The van der Waals surface area contributed by atoms with Crippen molar-refractivity contribution in [1.29, 1.82) is 0 Å². The highest BCUT2D eigenvalue weighted by Crippen LogP contribution is 2.35. The Morgan fingerprint density at radius 3 is 2.45 bits per heavy atom. The summed E-state index contributed by atoms with van der Waals surface area (Å²) >= 11 is 0. The minimum atomic E-state index is -0.625. The number of hydrogen-bond donors (Lipinski definition) is 1. The third kappa shape index (κ3) is 4.17. The van der Waals surface area contributed by atoms with E-state index in [1.807, 2.05) is 55.4 Å². The number of carbonyl (C=O) groups excluding carboxylic acids is 2. The third-order valence-electron chi connectivity index (χ3n) is 5.51. The largest absolute Gasteiger partial charge is 0.455 e. The molecule has 0 radical (unpaired) electrons. The van der Waals surface area contributed by atoms with Crippen LogP contribution < -0.4 is 10.2 Å². The van der Waals surface area contributed by atoms with Crippen molar-refractivity contribution >= 4 is 17.7 Å². The van der Waals surface area contributed by atoms with Gasteiger partial charge in [0.1, 0.15) is 11.9 Å². The zero-order valence-electron chi connectivity index (χ0n) is 19.1. The van der Waals surface area contributed by atoms with Gasteiger partial charge in [0.15, 0.2) is 5.69 Å². The minimum Gasteiger partial charge on any atom is -0.455 e. The van der Waals surface area contributed by atoms with Gasteiger partial charge in [-0.15, -0.1) is 0 Å². The third-order valence-corrected chi connectivity index (χ3v) is 5.51. The first kappa shape index (κ1) is 21.4. The molecule has 8 heteroatoms. The molecular weight excluding hydrogens is 394 g/mol. The summed E-state index contributed by atoms with van der Waals surface area (Å²) in [5.41, 5.74) is 3.01. The number of aryl methyl sites for hydroxylation is 1. The van der Waals surface area contributed by atoms with Crippen molar-refractivity contribution < 1.29 is 14.3 Å². The van der Waals surface area contributed by atoms with E-state index < -0.39 is 11.6 Å². The number of nitrogens with one attached hydrogen (secondary N) is 1. The molecule has 3 heterocycles. The Kier molecular flexibility index (Phi) is 5.29. The molecule has 0 saturated carbocycles. The van der Waals surface area contributed by atoms with E-state index in [1.165, 1.54) is 0 Å². The number of ether oxygens (including phenoxy) is 1. The Labute approximate surface area is 183 Å². The number of benzene rings is 1. The highest BCUT2D eigenvalue weighted by molar-refractivity contribution is 5.97. The first-order valence-electron chi connectivity index (χ1n) is 10.8. The molecule has 2 atom stereocenters. The van der Waals surface area contributed by atoms with Crippen LogP contribution in [0.2, 0.25) is 0 Å². The van der Waals surface area contributed by atoms with Crippen LogP contribution in [0.1, 0.15) is 56.4 Å². The number of esters is 1. The van der Waals surface area contributed by atoms with Crippen molar-refractivity contribution in [3.63, 3.8) is 0 Å². The highest BCUT2D eigenvalue weighted by atomic mass is 16.6. The number of fused-ring (bicyclic) bond motifs is 3. The summed E-state index contributed by atoms with van der Waals surface area (Å²) in [6.07, 6.45) is 1.64. The molecule has 1 saturated heterocycles. The molecule has 1 fully saturated rings. The lowest BCUT2D eigenvalue weighted by molar-refractivity contribution is 0.00619. The Bertz CT molecular complexity index is 1010. The van der Waals surface area contributed by atoms with E-state index in [2.05, 4.69) is 24.1 Å². The summed E-state index contributed by atoms with van der Waals surface area (Å²) < 4.78 is 7.45. The summed E-state index contributed by atoms with van der Waals surface area (Å²) in [7, 11) is 0. The van der Waals surface area contributed by atoms with Gasteiger partial charge in [-0.1, -0.05) is 6.07 Å². The monoisotopic (exact) mass is 425 g/mol. The van der Waals surface area contributed by atoms with Gasteiger partial charge in [0, 0.05) is 25.2 Å². The lowest BCUT2D eigenvalue weighted by atomic mass is 10.1. The molecule has 166 valence electrons. The van der Waals surface area contributed by atoms with Crippen molar-refractivity contribution in [1.82, 2.24) is 19.8 Å². The van der Waals surface area contributed by atoms with E-state index in [0.29, 0.717) is 18.8 Å². The van der Waals surface area contributed by atoms with Crippen LogP contribution in [0.3, 0.4) is 0 Å². The van der Waals surface area contributed by atoms with E-state index in [-0.39, 0.29) is 30.4 Å². The van der Waals surface area contributed by atoms with E-state index in [4.69, 9.17) is 4.74 Å². The number of urea groups is 1. The molecule has 2 aromatic rings. The second-order valence-electron chi connectivity index (χ2n) is 9.65. The van der Waals surface area contributed by atoms with E-state index in [1.54, 1.807) is 11.2 Å². The van der Waals surface area contributed by atoms with Crippen molar-refractivity contribution in [3.05, 3.63) is 41.5 Å². The van der Waals surface area contributed by atoms with Crippen molar-refractivity contribution in [2.45, 2.75) is 65.8 Å². The summed E-state index contributed by atoms with van der Waals surface area (Å²) in [4.78, 5) is 34.5. The quantitative estimate of drug-likeness (QED) is 0.710. The predicted molar refractivity (Wildman–Crippen MR) is 119 cm³/mol. The number of aromatic nitrogens is 2. The molecule has 8 nitrogen and oxygen atoms in total. The summed E-state index contributed by atoms with van der Waals surface area (Å²) in [6.45, 7) is 13.2. The molecule has 0 unspecified atom stereocenters. The maximum absolute atomic E-state index is 13.6. The number of carbonyl (C=O) groups is 2. The van der Waals surface area contributed by atoms with Crippen molar-refractivity contribution in [3.8, 4) is 5.69 Å². The summed E-state index contributed by atoms with van der Waals surface area (Å²) in [5, 5.41) is 3.46. The fourth-order valence-electron chi connectivity index (χ4n) is 4.34. The molecule has 4 rings (SSSR count). The predicted octanol–water partition coefficient (Wildman–Crippen LogP) is 3.26. The maximum Gasteiger partial charge on any atom is 0.359 e. The van der Waals surface area contributed by atoms with Crippen LogP contribution in [0.5, 0.6) is 0 Å². The fourth-order valence-corrected chi connectivity index (χ4v) is 4.34. The molecule has 2 aliphatic rings. The Hall–Kier alpha value is -2.87. The standard InChI is InChI=1S/C23H31N5O3/c1-14-7-8-17-18(9-14)27(22(30)26-10-15(2)25-16(3)11-26)12-19-20(24-13-28(17)19)21(29)31-23(4,5)6/h7-9,13,15-16,25H,10-12H2,1-6H3/t15-,16-/m0/s1. The second kappa shape index (κ2) is 7.67. The molecule has 0 aliphatic carbocycles. The van der Waals surface area contributed by atoms with Gasteiger partial charge in [-0.3, -0.25) is 9.47 Å². The number of anilines is 1. The van der Waals surface area contributed by atoms with Crippen LogP contribution in [0.15, 0.2) is 24.5 Å². The topological polar surface area (TPSA) is 79.7 Å². The second-order valence-corrected chi connectivity index (χ2v) is 9.65. The summed E-state index contributed by atoms with van der Waals surface area (Å²) in [6, 6.07) is 6.36.